The highest BCUT2D eigenvalue weighted by molar-refractivity contribution is 6.16. The average Bonchev–Trinajstić information content (AvgIpc) is 3.23. The van der Waals surface area contributed by atoms with Crippen LogP contribution in [0.15, 0.2) is 103 Å². The summed E-state index contributed by atoms with van der Waals surface area (Å²) in [4.78, 5) is 9.42. The molecule has 0 unspecified atom stereocenters. The van der Waals surface area contributed by atoms with Crippen LogP contribution in [0.1, 0.15) is 26.3 Å². The number of aromatic nitrogens is 2. The van der Waals surface area contributed by atoms with Gasteiger partial charge in [-0.25, -0.2) is 9.97 Å². The molecule has 0 bridgehead atoms. The molecule has 7 rings (SSSR count). The van der Waals surface area contributed by atoms with E-state index in [1.54, 1.807) is 6.33 Å². The maximum Gasteiger partial charge on any atom is 0.116 e. The van der Waals surface area contributed by atoms with Gasteiger partial charge in [0.25, 0.3) is 0 Å². The van der Waals surface area contributed by atoms with E-state index < -0.39 is 0 Å². The zero-order chi connectivity index (χ0) is 24.4. The maximum atomic E-state index is 4.71. The standard InChI is InChI=1S/C34H26N2/c1-34(2,3)30-18-24(15-21-9-4-5-11-25(21)30)32-19-31(35-20-36-32)23-16-22-10-8-14-28-26-12-6-7-13-27(26)29(17-23)33(22)28/h4-20H,1-3H3. The van der Waals surface area contributed by atoms with E-state index in [1.165, 1.54) is 49.4 Å². The number of benzene rings is 5. The number of fused-ring (bicyclic) bond motifs is 4. The van der Waals surface area contributed by atoms with Crippen molar-refractivity contribution >= 4 is 21.5 Å². The van der Waals surface area contributed by atoms with Gasteiger partial charge in [-0.2, -0.15) is 0 Å². The molecule has 0 saturated heterocycles. The largest absolute Gasteiger partial charge is 0.236 e. The molecular weight excluding hydrogens is 436 g/mol. The van der Waals surface area contributed by atoms with Crippen molar-refractivity contribution in [1.29, 1.82) is 0 Å². The van der Waals surface area contributed by atoms with E-state index in [4.69, 9.17) is 9.97 Å². The molecule has 1 heterocycles. The van der Waals surface area contributed by atoms with Crippen LogP contribution in [0.5, 0.6) is 0 Å². The molecule has 0 spiro atoms. The van der Waals surface area contributed by atoms with Crippen LogP contribution in [0.25, 0.3) is 66.3 Å². The Hall–Kier alpha value is -4.30. The fourth-order valence-corrected chi connectivity index (χ4v) is 5.72. The van der Waals surface area contributed by atoms with Crippen LogP contribution in [0, 0.1) is 0 Å². The van der Waals surface area contributed by atoms with E-state index in [2.05, 4.69) is 118 Å². The lowest BCUT2D eigenvalue weighted by molar-refractivity contribution is 0.596. The van der Waals surface area contributed by atoms with E-state index in [-0.39, 0.29) is 5.41 Å². The first-order valence-electron chi connectivity index (χ1n) is 12.5. The molecule has 0 atom stereocenters. The molecule has 172 valence electrons. The molecule has 0 saturated carbocycles. The van der Waals surface area contributed by atoms with E-state index in [1.807, 2.05) is 0 Å². The van der Waals surface area contributed by atoms with Crippen LogP contribution in [-0.2, 0) is 5.41 Å². The van der Waals surface area contributed by atoms with Crippen molar-refractivity contribution in [3.63, 3.8) is 0 Å². The number of rotatable bonds is 2. The molecule has 1 aromatic heterocycles. The molecule has 36 heavy (non-hydrogen) atoms. The summed E-state index contributed by atoms with van der Waals surface area (Å²) in [5, 5.41) is 5.12. The molecule has 2 nitrogen and oxygen atoms in total. The van der Waals surface area contributed by atoms with Gasteiger partial charge in [-0.3, -0.25) is 0 Å². The Morgan fingerprint density at radius 3 is 1.92 bits per heavy atom. The Bertz CT molecular complexity index is 1820. The predicted octanol–water partition coefficient (Wildman–Crippen LogP) is 9.06. The minimum absolute atomic E-state index is 0.0269. The van der Waals surface area contributed by atoms with Crippen molar-refractivity contribution in [2.45, 2.75) is 26.2 Å². The first-order chi connectivity index (χ1) is 17.5. The van der Waals surface area contributed by atoms with Crippen molar-refractivity contribution in [3.8, 4) is 44.8 Å². The van der Waals surface area contributed by atoms with E-state index >= 15 is 0 Å². The zero-order valence-electron chi connectivity index (χ0n) is 20.7. The summed E-state index contributed by atoms with van der Waals surface area (Å²) >= 11 is 0. The molecule has 0 radical (unpaired) electrons. The van der Waals surface area contributed by atoms with Crippen LogP contribution in [-0.4, -0.2) is 9.97 Å². The highest BCUT2D eigenvalue weighted by Gasteiger charge is 2.22. The lowest BCUT2D eigenvalue weighted by Crippen LogP contribution is -2.12. The molecule has 0 aliphatic heterocycles. The van der Waals surface area contributed by atoms with Crippen LogP contribution < -0.4 is 0 Å². The second-order valence-corrected chi connectivity index (χ2v) is 10.8. The van der Waals surface area contributed by atoms with E-state index in [9.17, 15) is 0 Å². The molecule has 1 aliphatic rings. The van der Waals surface area contributed by atoms with Crippen LogP contribution in [0.2, 0.25) is 0 Å². The minimum Gasteiger partial charge on any atom is -0.236 e. The lowest BCUT2D eigenvalue weighted by atomic mass is 9.82. The Balaban J connectivity index is 1.41. The third-order valence-corrected chi connectivity index (χ3v) is 7.41. The van der Waals surface area contributed by atoms with Gasteiger partial charge < -0.3 is 0 Å². The molecule has 2 heteroatoms. The van der Waals surface area contributed by atoms with Crippen molar-refractivity contribution in [2.75, 3.05) is 0 Å². The van der Waals surface area contributed by atoms with Crippen molar-refractivity contribution in [1.82, 2.24) is 9.97 Å². The molecule has 5 aromatic carbocycles. The topological polar surface area (TPSA) is 25.8 Å². The van der Waals surface area contributed by atoms with Gasteiger partial charge in [0.1, 0.15) is 6.33 Å². The molecule has 0 N–H and O–H groups in total. The molecule has 0 amide bonds. The third kappa shape index (κ3) is 3.18. The minimum atomic E-state index is 0.0269. The molecule has 0 fully saturated rings. The van der Waals surface area contributed by atoms with Crippen molar-refractivity contribution < 1.29 is 0 Å². The van der Waals surface area contributed by atoms with E-state index in [0.717, 1.165) is 22.5 Å². The Morgan fingerprint density at radius 1 is 0.528 bits per heavy atom. The second-order valence-electron chi connectivity index (χ2n) is 10.8. The monoisotopic (exact) mass is 462 g/mol. The van der Waals surface area contributed by atoms with Gasteiger partial charge in [0.15, 0.2) is 0 Å². The smallest absolute Gasteiger partial charge is 0.116 e. The van der Waals surface area contributed by atoms with E-state index in [0.29, 0.717) is 0 Å². The predicted molar refractivity (Wildman–Crippen MR) is 151 cm³/mol. The molecule has 6 aromatic rings. The summed E-state index contributed by atoms with van der Waals surface area (Å²) in [5.41, 5.74) is 10.7. The maximum absolute atomic E-state index is 4.71. The van der Waals surface area contributed by atoms with Crippen LogP contribution >= 0.6 is 0 Å². The third-order valence-electron chi connectivity index (χ3n) is 7.41. The summed E-state index contributed by atoms with van der Waals surface area (Å²) < 4.78 is 0. The summed E-state index contributed by atoms with van der Waals surface area (Å²) in [6, 6.07) is 35.2. The SMILES string of the molecule is CC(C)(C)c1cc(-c2cc(-c3cc4c5c(cccc5c3)-c3ccccc3-4)ncn2)cc2ccccc12. The second kappa shape index (κ2) is 7.60. The van der Waals surface area contributed by atoms with Gasteiger partial charge in [-0.15, -0.1) is 0 Å². The fraction of sp³-hybridized carbons (Fsp3) is 0.118. The van der Waals surface area contributed by atoms with Crippen LogP contribution in [0.3, 0.4) is 0 Å². The Kier molecular flexibility index (Phi) is 4.44. The average molecular weight is 463 g/mol. The lowest BCUT2D eigenvalue weighted by Gasteiger charge is -2.22. The highest BCUT2D eigenvalue weighted by Crippen LogP contribution is 2.48. The van der Waals surface area contributed by atoms with Gasteiger partial charge in [-0.1, -0.05) is 87.5 Å². The summed E-state index contributed by atoms with van der Waals surface area (Å²) in [6.45, 7) is 6.82. The highest BCUT2D eigenvalue weighted by atomic mass is 14.8. The summed E-state index contributed by atoms with van der Waals surface area (Å²) in [6.07, 6.45) is 1.70. The summed E-state index contributed by atoms with van der Waals surface area (Å²) in [5.74, 6) is 0. The number of hydrogen-bond acceptors (Lipinski definition) is 2. The van der Waals surface area contributed by atoms with Gasteiger partial charge >= 0.3 is 0 Å². The fourth-order valence-electron chi connectivity index (χ4n) is 5.72. The normalized spacial score (nSPS) is 12.3. The zero-order valence-corrected chi connectivity index (χ0v) is 20.7. The summed E-state index contributed by atoms with van der Waals surface area (Å²) in [7, 11) is 0. The Morgan fingerprint density at radius 2 is 1.14 bits per heavy atom. The Labute approximate surface area is 211 Å². The van der Waals surface area contributed by atoms with Gasteiger partial charge in [0.05, 0.1) is 11.4 Å². The molecular formula is C34H26N2. The van der Waals surface area contributed by atoms with Gasteiger partial charge in [0.2, 0.25) is 0 Å². The molecule has 1 aliphatic carbocycles. The van der Waals surface area contributed by atoms with Gasteiger partial charge in [-0.05, 0) is 85.1 Å². The van der Waals surface area contributed by atoms with Crippen molar-refractivity contribution in [2.24, 2.45) is 0 Å². The van der Waals surface area contributed by atoms with Crippen LogP contribution in [0.4, 0.5) is 0 Å². The van der Waals surface area contributed by atoms with Gasteiger partial charge in [0, 0.05) is 11.1 Å². The number of nitrogens with zero attached hydrogens (tertiary/aromatic N) is 2. The van der Waals surface area contributed by atoms with Crippen molar-refractivity contribution in [3.05, 3.63) is 109 Å². The first kappa shape index (κ1) is 21.0. The quantitative estimate of drug-likeness (QED) is 0.256. The first-order valence-corrected chi connectivity index (χ1v) is 12.5. The number of hydrogen-bond donors (Lipinski definition) is 0.